The summed E-state index contributed by atoms with van der Waals surface area (Å²) in [7, 11) is 1.69. The number of aliphatic imine (C=N–C) groups is 1. The smallest absolute Gasteiger partial charge is 0.191 e. The predicted molar refractivity (Wildman–Crippen MR) is 113 cm³/mol. The second kappa shape index (κ2) is 11.8. The Morgan fingerprint density at radius 2 is 2.00 bits per heavy atom. The lowest BCUT2D eigenvalue weighted by Crippen LogP contribution is -2.38. The minimum absolute atomic E-state index is 0. The summed E-state index contributed by atoms with van der Waals surface area (Å²) in [6, 6.07) is 10.1. The van der Waals surface area contributed by atoms with E-state index in [2.05, 4.69) is 41.6 Å². The summed E-state index contributed by atoms with van der Waals surface area (Å²) < 4.78 is 10.8. The fourth-order valence-electron chi connectivity index (χ4n) is 2.32. The van der Waals surface area contributed by atoms with Crippen LogP contribution in [0.25, 0.3) is 0 Å². The van der Waals surface area contributed by atoms with E-state index in [1.807, 2.05) is 18.2 Å². The molecule has 2 N–H and O–H groups in total. The zero-order valence-corrected chi connectivity index (χ0v) is 17.5. The lowest BCUT2D eigenvalue weighted by molar-refractivity contribution is 0.409. The molecule has 0 amide bonds. The first-order chi connectivity index (χ1) is 11.7. The van der Waals surface area contributed by atoms with Gasteiger partial charge in [0.25, 0.3) is 0 Å². The number of nitrogens with zero attached hydrogens (tertiary/aromatic N) is 1. The van der Waals surface area contributed by atoms with E-state index in [9.17, 15) is 0 Å². The third-order valence-corrected chi connectivity index (χ3v) is 3.64. The molecule has 5 nitrogen and oxygen atoms in total. The zero-order chi connectivity index (χ0) is 17.2. The van der Waals surface area contributed by atoms with Gasteiger partial charge in [-0.3, -0.25) is 0 Å². The lowest BCUT2D eigenvalue weighted by atomic mass is 10.1. The number of halogens is 1. The summed E-state index contributed by atoms with van der Waals surface area (Å²) in [6.45, 7) is 6.42. The lowest BCUT2D eigenvalue weighted by Gasteiger charge is -2.12. The maximum Gasteiger partial charge on any atom is 0.191 e. The van der Waals surface area contributed by atoms with Crippen LogP contribution in [0.15, 0.2) is 46.0 Å². The number of ether oxygens (including phenoxy) is 1. The van der Waals surface area contributed by atoms with Gasteiger partial charge in [-0.1, -0.05) is 19.1 Å². The number of benzene rings is 1. The second-order valence-electron chi connectivity index (χ2n) is 5.66. The van der Waals surface area contributed by atoms with Gasteiger partial charge in [0.15, 0.2) is 5.96 Å². The van der Waals surface area contributed by atoms with Gasteiger partial charge in [-0.25, -0.2) is 4.99 Å². The van der Waals surface area contributed by atoms with Crippen molar-refractivity contribution in [3.63, 3.8) is 0 Å². The van der Waals surface area contributed by atoms with Crippen LogP contribution in [0, 0.1) is 6.92 Å². The molecule has 0 aliphatic heterocycles. The normalized spacial score (nSPS) is 10.9. The van der Waals surface area contributed by atoms with Crippen molar-refractivity contribution in [3.05, 3.63) is 53.5 Å². The van der Waals surface area contributed by atoms with Crippen LogP contribution in [0.1, 0.15) is 30.2 Å². The van der Waals surface area contributed by atoms with Gasteiger partial charge in [0.05, 0.1) is 19.9 Å². The molecule has 138 valence electrons. The van der Waals surface area contributed by atoms with Crippen LogP contribution < -0.4 is 15.4 Å². The fraction of sp³-hybridized carbons (Fsp3) is 0.421. The van der Waals surface area contributed by atoms with Crippen LogP contribution in [0.5, 0.6) is 5.75 Å². The van der Waals surface area contributed by atoms with Gasteiger partial charge >= 0.3 is 0 Å². The monoisotopic (exact) mass is 457 g/mol. The van der Waals surface area contributed by atoms with Crippen LogP contribution >= 0.6 is 24.0 Å². The molecule has 0 aliphatic rings. The van der Waals surface area contributed by atoms with Gasteiger partial charge in [0.2, 0.25) is 0 Å². The number of hydrogen-bond acceptors (Lipinski definition) is 3. The molecular formula is C19H28IN3O2. The molecule has 1 aromatic carbocycles. The molecule has 25 heavy (non-hydrogen) atoms. The standard InChI is InChI=1S/C19H27N3O2.HI/c1-4-10-20-19(21-11-9-17-6-5-12-24-17)22-14-16-8-7-15(2)13-18(16)23-3;/h5-8,12-13H,4,9-11,14H2,1-3H3,(H2,20,21,22);1H. The molecule has 0 bridgehead atoms. The SMILES string of the molecule is CCCNC(=NCc1ccc(C)cc1OC)NCCc1ccco1.I. The van der Waals surface area contributed by atoms with Crippen molar-refractivity contribution in [3.8, 4) is 5.75 Å². The van der Waals surface area contributed by atoms with Gasteiger partial charge in [-0.15, -0.1) is 24.0 Å². The molecule has 1 heterocycles. The van der Waals surface area contributed by atoms with Crippen molar-refractivity contribution in [1.29, 1.82) is 0 Å². The van der Waals surface area contributed by atoms with E-state index in [1.54, 1.807) is 13.4 Å². The molecule has 0 fully saturated rings. The number of aryl methyl sites for hydroxylation is 1. The summed E-state index contributed by atoms with van der Waals surface area (Å²) in [5, 5.41) is 6.69. The highest BCUT2D eigenvalue weighted by atomic mass is 127. The van der Waals surface area contributed by atoms with Crippen molar-refractivity contribution >= 4 is 29.9 Å². The molecule has 0 saturated heterocycles. The quantitative estimate of drug-likeness (QED) is 0.359. The molecule has 0 radical (unpaired) electrons. The number of nitrogens with one attached hydrogen (secondary N) is 2. The Kier molecular flexibility index (Phi) is 10.1. The average Bonchev–Trinajstić information content (AvgIpc) is 3.11. The Morgan fingerprint density at radius 1 is 1.20 bits per heavy atom. The van der Waals surface area contributed by atoms with E-state index in [1.165, 1.54) is 5.56 Å². The van der Waals surface area contributed by atoms with E-state index in [4.69, 9.17) is 9.15 Å². The predicted octanol–water partition coefficient (Wildman–Crippen LogP) is 3.90. The van der Waals surface area contributed by atoms with Crippen LogP contribution in [-0.2, 0) is 13.0 Å². The van der Waals surface area contributed by atoms with E-state index >= 15 is 0 Å². The maximum atomic E-state index is 5.45. The number of furan rings is 1. The minimum atomic E-state index is 0. The van der Waals surface area contributed by atoms with Crippen molar-refractivity contribution < 1.29 is 9.15 Å². The zero-order valence-electron chi connectivity index (χ0n) is 15.2. The number of hydrogen-bond donors (Lipinski definition) is 2. The van der Waals surface area contributed by atoms with E-state index in [-0.39, 0.29) is 24.0 Å². The van der Waals surface area contributed by atoms with Crippen molar-refractivity contribution in [1.82, 2.24) is 10.6 Å². The molecule has 0 saturated carbocycles. The summed E-state index contributed by atoms with van der Waals surface area (Å²) in [6.07, 6.45) is 3.57. The van der Waals surface area contributed by atoms with E-state index in [0.29, 0.717) is 6.54 Å². The molecule has 2 aromatic rings. The molecule has 0 unspecified atom stereocenters. The maximum absolute atomic E-state index is 5.45. The first kappa shape index (κ1) is 21.3. The summed E-state index contributed by atoms with van der Waals surface area (Å²) in [5.74, 6) is 2.66. The topological polar surface area (TPSA) is 58.8 Å². The van der Waals surface area contributed by atoms with Gasteiger partial charge in [-0.2, -0.15) is 0 Å². The van der Waals surface area contributed by atoms with E-state index < -0.39 is 0 Å². The highest BCUT2D eigenvalue weighted by Gasteiger charge is 2.04. The second-order valence-corrected chi connectivity index (χ2v) is 5.66. The molecule has 0 atom stereocenters. The molecular weight excluding hydrogens is 429 g/mol. The Labute approximate surface area is 167 Å². The fourth-order valence-corrected chi connectivity index (χ4v) is 2.32. The Balaban J connectivity index is 0.00000312. The summed E-state index contributed by atoms with van der Waals surface area (Å²) >= 11 is 0. The molecule has 0 aliphatic carbocycles. The van der Waals surface area contributed by atoms with Crippen LogP contribution in [0.3, 0.4) is 0 Å². The van der Waals surface area contributed by atoms with Crippen molar-refractivity contribution in [2.75, 3.05) is 20.2 Å². The number of rotatable bonds is 8. The van der Waals surface area contributed by atoms with Gasteiger partial charge in [0, 0.05) is 25.1 Å². The van der Waals surface area contributed by atoms with Gasteiger partial charge in [0.1, 0.15) is 11.5 Å². The average molecular weight is 457 g/mol. The number of methoxy groups -OCH3 is 1. The first-order valence-corrected chi connectivity index (χ1v) is 8.41. The summed E-state index contributed by atoms with van der Waals surface area (Å²) in [5.41, 5.74) is 2.26. The largest absolute Gasteiger partial charge is 0.496 e. The molecule has 6 heteroatoms. The Bertz CT molecular complexity index is 642. The first-order valence-electron chi connectivity index (χ1n) is 8.41. The van der Waals surface area contributed by atoms with Crippen molar-refractivity contribution in [2.24, 2.45) is 4.99 Å². The Morgan fingerprint density at radius 3 is 2.68 bits per heavy atom. The highest BCUT2D eigenvalue weighted by molar-refractivity contribution is 14.0. The summed E-state index contributed by atoms with van der Waals surface area (Å²) in [4.78, 5) is 4.67. The van der Waals surface area contributed by atoms with Crippen LogP contribution in [0.2, 0.25) is 0 Å². The van der Waals surface area contributed by atoms with Crippen LogP contribution in [0.4, 0.5) is 0 Å². The minimum Gasteiger partial charge on any atom is -0.496 e. The molecule has 0 spiro atoms. The van der Waals surface area contributed by atoms with E-state index in [0.717, 1.165) is 49.0 Å². The third-order valence-electron chi connectivity index (χ3n) is 3.64. The van der Waals surface area contributed by atoms with Gasteiger partial charge in [-0.05, 0) is 37.1 Å². The Hall–Kier alpha value is -1.70. The van der Waals surface area contributed by atoms with Gasteiger partial charge < -0.3 is 19.8 Å². The van der Waals surface area contributed by atoms with Crippen molar-refractivity contribution in [2.45, 2.75) is 33.2 Å². The highest BCUT2D eigenvalue weighted by Crippen LogP contribution is 2.20. The molecule has 2 rings (SSSR count). The molecule has 1 aromatic heterocycles. The number of guanidine groups is 1. The van der Waals surface area contributed by atoms with Crippen LogP contribution in [-0.4, -0.2) is 26.2 Å². The third kappa shape index (κ3) is 7.37.